The number of hydrogen-bond acceptors (Lipinski definition) is 2. The van der Waals surface area contributed by atoms with Crippen LogP contribution in [-0.2, 0) is 6.18 Å². The average Bonchev–Trinajstić information content (AvgIpc) is 2.25. The van der Waals surface area contributed by atoms with Crippen molar-refractivity contribution >= 4 is 11.6 Å². The zero-order chi connectivity index (χ0) is 13.2. The van der Waals surface area contributed by atoms with Gasteiger partial charge in [0.05, 0.1) is 17.7 Å². The summed E-state index contributed by atoms with van der Waals surface area (Å²) in [5.41, 5.74) is 5.01. The van der Waals surface area contributed by atoms with E-state index in [2.05, 4.69) is 4.74 Å². The molecule has 0 aromatic heterocycles. The molecule has 1 unspecified atom stereocenters. The minimum atomic E-state index is -4.50. The SMILES string of the molecule is COc1c(Cl)cc(C(C)CN)cc1C(F)(F)F. The van der Waals surface area contributed by atoms with Crippen molar-refractivity contribution in [3.05, 3.63) is 28.3 Å². The van der Waals surface area contributed by atoms with Crippen LogP contribution in [-0.4, -0.2) is 13.7 Å². The predicted molar refractivity (Wildman–Crippen MR) is 60.5 cm³/mol. The summed E-state index contributed by atoms with van der Waals surface area (Å²) in [5.74, 6) is -0.549. The Hall–Kier alpha value is -0.940. The lowest BCUT2D eigenvalue weighted by molar-refractivity contribution is -0.138. The molecule has 0 radical (unpaired) electrons. The molecule has 0 saturated heterocycles. The van der Waals surface area contributed by atoms with E-state index in [1.165, 1.54) is 6.07 Å². The maximum Gasteiger partial charge on any atom is 0.420 e. The van der Waals surface area contributed by atoms with E-state index in [4.69, 9.17) is 17.3 Å². The third-order valence-corrected chi connectivity index (χ3v) is 2.78. The number of halogens is 4. The molecule has 1 rings (SSSR count). The van der Waals surface area contributed by atoms with E-state index in [0.717, 1.165) is 13.2 Å². The Kier molecular flexibility index (Phi) is 4.27. The number of benzene rings is 1. The molecular formula is C11H13ClF3NO. The molecule has 1 aromatic carbocycles. The molecular weight excluding hydrogens is 255 g/mol. The van der Waals surface area contributed by atoms with Gasteiger partial charge in [-0.25, -0.2) is 0 Å². The van der Waals surface area contributed by atoms with Gasteiger partial charge in [0.15, 0.2) is 0 Å². The van der Waals surface area contributed by atoms with Crippen molar-refractivity contribution in [1.29, 1.82) is 0 Å². The maximum atomic E-state index is 12.8. The standard InChI is InChI=1S/C11H13ClF3NO/c1-6(5-16)7-3-8(11(13,14)15)10(17-2)9(12)4-7/h3-4,6H,5,16H2,1-2H3. The van der Waals surface area contributed by atoms with Gasteiger partial charge in [0.2, 0.25) is 0 Å². The second-order valence-electron chi connectivity index (χ2n) is 3.72. The van der Waals surface area contributed by atoms with Crippen molar-refractivity contribution in [1.82, 2.24) is 0 Å². The van der Waals surface area contributed by atoms with Crippen molar-refractivity contribution in [2.45, 2.75) is 19.0 Å². The molecule has 2 nitrogen and oxygen atoms in total. The van der Waals surface area contributed by atoms with E-state index < -0.39 is 11.7 Å². The third kappa shape index (κ3) is 3.04. The van der Waals surface area contributed by atoms with E-state index in [9.17, 15) is 13.2 Å². The van der Waals surface area contributed by atoms with E-state index in [-0.39, 0.29) is 23.2 Å². The molecule has 0 aliphatic rings. The molecule has 1 atom stereocenters. The smallest absolute Gasteiger partial charge is 0.420 e. The topological polar surface area (TPSA) is 35.2 Å². The number of ether oxygens (including phenoxy) is 1. The summed E-state index contributed by atoms with van der Waals surface area (Å²) in [6.45, 7) is 1.98. The third-order valence-electron chi connectivity index (χ3n) is 2.50. The number of nitrogens with two attached hydrogens (primary N) is 1. The van der Waals surface area contributed by atoms with Gasteiger partial charge in [0, 0.05) is 0 Å². The predicted octanol–water partition coefficient (Wildman–Crippen LogP) is 3.43. The van der Waals surface area contributed by atoms with Crippen LogP contribution in [0.5, 0.6) is 5.75 Å². The van der Waals surface area contributed by atoms with Crippen molar-refractivity contribution < 1.29 is 17.9 Å². The molecule has 0 amide bonds. The Labute approximate surface area is 103 Å². The van der Waals surface area contributed by atoms with Crippen LogP contribution in [0, 0.1) is 0 Å². The summed E-state index contributed by atoms with van der Waals surface area (Å²) < 4.78 is 43.1. The number of alkyl halides is 3. The Morgan fingerprint density at radius 1 is 1.41 bits per heavy atom. The van der Waals surface area contributed by atoms with Crippen LogP contribution in [0.2, 0.25) is 5.02 Å². The minimum Gasteiger partial charge on any atom is -0.495 e. The molecule has 0 heterocycles. The lowest BCUT2D eigenvalue weighted by Gasteiger charge is -2.17. The van der Waals surface area contributed by atoms with Crippen LogP contribution in [0.3, 0.4) is 0 Å². The van der Waals surface area contributed by atoms with Crippen molar-refractivity contribution in [2.75, 3.05) is 13.7 Å². The largest absolute Gasteiger partial charge is 0.495 e. The molecule has 6 heteroatoms. The van der Waals surface area contributed by atoms with Crippen LogP contribution >= 0.6 is 11.6 Å². The molecule has 0 aliphatic heterocycles. The van der Waals surface area contributed by atoms with Gasteiger partial charge in [-0.1, -0.05) is 18.5 Å². The number of hydrogen-bond donors (Lipinski definition) is 1. The second kappa shape index (κ2) is 5.14. The summed E-state index contributed by atoms with van der Waals surface area (Å²) >= 11 is 5.78. The Morgan fingerprint density at radius 3 is 2.41 bits per heavy atom. The summed E-state index contributed by atoms with van der Waals surface area (Å²) in [4.78, 5) is 0. The fourth-order valence-corrected chi connectivity index (χ4v) is 1.76. The lowest BCUT2D eigenvalue weighted by Crippen LogP contribution is -2.13. The van der Waals surface area contributed by atoms with E-state index in [1.54, 1.807) is 6.92 Å². The average molecular weight is 268 g/mol. The first-order valence-corrected chi connectivity index (χ1v) is 5.33. The quantitative estimate of drug-likeness (QED) is 0.911. The highest BCUT2D eigenvalue weighted by Crippen LogP contribution is 2.41. The summed E-state index contributed by atoms with van der Waals surface area (Å²) in [6.07, 6.45) is -4.50. The first-order valence-electron chi connectivity index (χ1n) is 4.96. The van der Waals surface area contributed by atoms with Crippen molar-refractivity contribution in [3.63, 3.8) is 0 Å². The van der Waals surface area contributed by atoms with E-state index in [1.807, 2.05) is 0 Å². The molecule has 0 fully saturated rings. The van der Waals surface area contributed by atoms with Gasteiger partial charge in [-0.2, -0.15) is 13.2 Å². The molecule has 17 heavy (non-hydrogen) atoms. The lowest BCUT2D eigenvalue weighted by atomic mass is 9.98. The fraction of sp³-hybridized carbons (Fsp3) is 0.455. The van der Waals surface area contributed by atoms with Crippen molar-refractivity contribution in [3.8, 4) is 5.75 Å². The highest BCUT2D eigenvalue weighted by Gasteiger charge is 2.36. The first-order chi connectivity index (χ1) is 7.81. The van der Waals surface area contributed by atoms with Crippen molar-refractivity contribution in [2.24, 2.45) is 5.73 Å². The van der Waals surface area contributed by atoms with Crippen LogP contribution in [0.15, 0.2) is 12.1 Å². The maximum absolute atomic E-state index is 12.8. The van der Waals surface area contributed by atoms with E-state index in [0.29, 0.717) is 5.56 Å². The number of methoxy groups -OCH3 is 1. The molecule has 2 N–H and O–H groups in total. The van der Waals surface area contributed by atoms with Crippen LogP contribution in [0.1, 0.15) is 24.0 Å². The normalized spacial score (nSPS) is 13.6. The highest BCUT2D eigenvalue weighted by molar-refractivity contribution is 6.32. The van der Waals surface area contributed by atoms with Crippen LogP contribution in [0.25, 0.3) is 0 Å². The molecule has 0 saturated carbocycles. The molecule has 0 bridgehead atoms. The summed E-state index contributed by atoms with van der Waals surface area (Å²) in [5, 5.41) is -0.0578. The summed E-state index contributed by atoms with van der Waals surface area (Å²) in [7, 11) is 1.16. The number of rotatable bonds is 3. The van der Waals surface area contributed by atoms with Gasteiger partial charge >= 0.3 is 6.18 Å². The van der Waals surface area contributed by atoms with E-state index >= 15 is 0 Å². The van der Waals surface area contributed by atoms with Gasteiger partial charge < -0.3 is 10.5 Å². The van der Waals surface area contributed by atoms with Gasteiger partial charge in [0.25, 0.3) is 0 Å². The second-order valence-corrected chi connectivity index (χ2v) is 4.13. The van der Waals surface area contributed by atoms with Crippen LogP contribution in [0.4, 0.5) is 13.2 Å². The van der Waals surface area contributed by atoms with Gasteiger partial charge in [-0.15, -0.1) is 0 Å². The molecule has 0 spiro atoms. The van der Waals surface area contributed by atoms with Crippen LogP contribution < -0.4 is 10.5 Å². The van der Waals surface area contributed by atoms with Gasteiger partial charge in [-0.05, 0) is 30.2 Å². The summed E-state index contributed by atoms with van der Waals surface area (Å²) in [6, 6.07) is 2.48. The highest BCUT2D eigenvalue weighted by atomic mass is 35.5. The zero-order valence-electron chi connectivity index (χ0n) is 9.44. The molecule has 0 aliphatic carbocycles. The zero-order valence-corrected chi connectivity index (χ0v) is 10.2. The molecule has 1 aromatic rings. The Morgan fingerprint density at radius 2 is 2.00 bits per heavy atom. The Balaban J connectivity index is 3.39. The fourth-order valence-electron chi connectivity index (χ4n) is 1.45. The van der Waals surface area contributed by atoms with Gasteiger partial charge in [0.1, 0.15) is 5.75 Å². The first kappa shape index (κ1) is 14.1. The minimum absolute atomic E-state index is 0.0578. The Bertz CT molecular complexity index is 406. The monoisotopic (exact) mass is 267 g/mol. The van der Waals surface area contributed by atoms with Gasteiger partial charge in [-0.3, -0.25) is 0 Å². The molecule has 96 valence electrons.